The minimum atomic E-state index is -0.321. The molecule has 8 nitrogen and oxygen atoms in total. The lowest BCUT2D eigenvalue weighted by Crippen LogP contribution is -2.44. The predicted octanol–water partition coefficient (Wildman–Crippen LogP) is 2.84. The molecule has 2 aromatic heterocycles. The van der Waals surface area contributed by atoms with E-state index in [0.29, 0.717) is 31.4 Å². The highest BCUT2D eigenvalue weighted by atomic mass is 16.5. The van der Waals surface area contributed by atoms with Gasteiger partial charge in [0.25, 0.3) is 0 Å². The van der Waals surface area contributed by atoms with E-state index in [-0.39, 0.29) is 24.6 Å². The fourth-order valence-electron chi connectivity index (χ4n) is 3.08. The van der Waals surface area contributed by atoms with E-state index < -0.39 is 0 Å². The number of morpholine rings is 1. The normalized spacial score (nSPS) is 17.5. The molecular formula is C21H29N3O5. The Morgan fingerprint density at radius 3 is 2.86 bits per heavy atom. The highest BCUT2D eigenvalue weighted by molar-refractivity contribution is 5.65. The van der Waals surface area contributed by atoms with E-state index in [2.05, 4.69) is 28.7 Å². The van der Waals surface area contributed by atoms with E-state index in [0.717, 1.165) is 30.4 Å². The Labute approximate surface area is 171 Å². The molecule has 1 saturated heterocycles. The SMILES string of the molecule is CC(=O)OCc1ccc(CN2CCOC(COc3cc(C)nc(C(C)C)n3)C2)o1. The fourth-order valence-corrected chi connectivity index (χ4v) is 3.08. The molecule has 0 amide bonds. The zero-order valence-corrected chi connectivity index (χ0v) is 17.5. The molecule has 1 aliphatic heterocycles. The van der Waals surface area contributed by atoms with Crippen LogP contribution in [0, 0.1) is 6.92 Å². The number of aromatic nitrogens is 2. The summed E-state index contributed by atoms with van der Waals surface area (Å²) in [5.74, 6) is 2.78. The van der Waals surface area contributed by atoms with Crippen molar-refractivity contribution in [1.29, 1.82) is 0 Å². The van der Waals surface area contributed by atoms with Gasteiger partial charge in [0.1, 0.15) is 36.7 Å². The monoisotopic (exact) mass is 403 g/mol. The first-order valence-electron chi connectivity index (χ1n) is 9.92. The molecular weight excluding hydrogens is 374 g/mol. The number of hydrogen-bond acceptors (Lipinski definition) is 8. The van der Waals surface area contributed by atoms with Gasteiger partial charge >= 0.3 is 5.97 Å². The summed E-state index contributed by atoms with van der Waals surface area (Å²) in [6.07, 6.45) is -0.0444. The summed E-state index contributed by atoms with van der Waals surface area (Å²) in [4.78, 5) is 22.1. The topological polar surface area (TPSA) is 86.9 Å². The largest absolute Gasteiger partial charge is 0.475 e. The molecule has 2 aromatic rings. The highest BCUT2D eigenvalue weighted by Gasteiger charge is 2.22. The first-order chi connectivity index (χ1) is 13.9. The van der Waals surface area contributed by atoms with E-state index in [1.165, 1.54) is 6.92 Å². The van der Waals surface area contributed by atoms with Crippen LogP contribution in [0.1, 0.15) is 49.7 Å². The van der Waals surface area contributed by atoms with Gasteiger partial charge in [-0.25, -0.2) is 4.98 Å². The molecule has 3 heterocycles. The van der Waals surface area contributed by atoms with Gasteiger partial charge in [0.2, 0.25) is 5.88 Å². The zero-order valence-electron chi connectivity index (χ0n) is 17.5. The smallest absolute Gasteiger partial charge is 0.303 e. The third kappa shape index (κ3) is 6.54. The molecule has 1 aliphatic rings. The summed E-state index contributed by atoms with van der Waals surface area (Å²) >= 11 is 0. The number of nitrogens with zero attached hydrogens (tertiary/aromatic N) is 3. The standard InChI is InChI=1S/C21H29N3O5/c1-14(2)21-22-15(3)9-20(23-21)28-13-19-11-24(7-8-26-19)10-17-5-6-18(29-17)12-27-16(4)25/h5-6,9,14,19H,7-8,10-13H2,1-4H3. The molecule has 29 heavy (non-hydrogen) atoms. The predicted molar refractivity (Wildman–Crippen MR) is 106 cm³/mol. The Bertz CT molecular complexity index is 820. The summed E-state index contributed by atoms with van der Waals surface area (Å²) < 4.78 is 22.4. The van der Waals surface area contributed by atoms with Crippen LogP contribution in [0.5, 0.6) is 5.88 Å². The van der Waals surface area contributed by atoms with Crippen LogP contribution in [0.2, 0.25) is 0 Å². The lowest BCUT2D eigenvalue weighted by molar-refractivity contribution is -0.142. The van der Waals surface area contributed by atoms with Crippen LogP contribution in [0.3, 0.4) is 0 Å². The van der Waals surface area contributed by atoms with Crippen LogP contribution < -0.4 is 4.74 Å². The summed E-state index contributed by atoms with van der Waals surface area (Å²) in [7, 11) is 0. The third-order valence-corrected chi connectivity index (χ3v) is 4.52. The first-order valence-corrected chi connectivity index (χ1v) is 9.92. The summed E-state index contributed by atoms with van der Waals surface area (Å²) in [6.45, 7) is 10.9. The van der Waals surface area contributed by atoms with Crippen molar-refractivity contribution in [1.82, 2.24) is 14.9 Å². The van der Waals surface area contributed by atoms with Crippen LogP contribution in [0.25, 0.3) is 0 Å². The lowest BCUT2D eigenvalue weighted by Gasteiger charge is -2.32. The van der Waals surface area contributed by atoms with Crippen molar-refractivity contribution in [2.75, 3.05) is 26.3 Å². The first kappa shape index (κ1) is 21.3. The van der Waals surface area contributed by atoms with Gasteiger partial charge in [-0.05, 0) is 19.1 Å². The molecule has 0 bridgehead atoms. The molecule has 0 aliphatic carbocycles. The average Bonchev–Trinajstić information content (AvgIpc) is 3.12. The van der Waals surface area contributed by atoms with E-state index in [1.807, 2.05) is 25.1 Å². The number of esters is 1. The maximum atomic E-state index is 10.9. The quantitative estimate of drug-likeness (QED) is 0.622. The molecule has 0 N–H and O–H groups in total. The number of ether oxygens (including phenoxy) is 3. The van der Waals surface area contributed by atoms with Gasteiger partial charge in [-0.2, -0.15) is 4.98 Å². The molecule has 1 atom stereocenters. The Hall–Kier alpha value is -2.45. The van der Waals surface area contributed by atoms with Crippen LogP contribution in [0.15, 0.2) is 22.6 Å². The molecule has 0 spiro atoms. The van der Waals surface area contributed by atoms with E-state index in [4.69, 9.17) is 18.6 Å². The minimum Gasteiger partial charge on any atom is -0.475 e. The number of furan rings is 1. The van der Waals surface area contributed by atoms with Gasteiger partial charge < -0.3 is 18.6 Å². The maximum absolute atomic E-state index is 10.9. The number of carbonyl (C=O) groups excluding carboxylic acids is 1. The minimum absolute atomic E-state index is 0.0444. The molecule has 8 heteroatoms. The summed E-state index contributed by atoms with van der Waals surface area (Å²) in [5, 5.41) is 0. The summed E-state index contributed by atoms with van der Waals surface area (Å²) in [6, 6.07) is 5.60. The van der Waals surface area contributed by atoms with Crippen LogP contribution >= 0.6 is 0 Å². The molecule has 3 rings (SSSR count). The fraction of sp³-hybridized carbons (Fsp3) is 0.571. The van der Waals surface area contributed by atoms with Gasteiger partial charge in [-0.3, -0.25) is 9.69 Å². The van der Waals surface area contributed by atoms with Crippen LogP contribution in [0.4, 0.5) is 0 Å². The van der Waals surface area contributed by atoms with E-state index in [1.54, 1.807) is 0 Å². The number of rotatable bonds is 8. The van der Waals surface area contributed by atoms with Crippen LogP contribution in [-0.4, -0.2) is 53.2 Å². The zero-order chi connectivity index (χ0) is 20.8. The van der Waals surface area contributed by atoms with Crippen molar-refractivity contribution >= 4 is 5.97 Å². The maximum Gasteiger partial charge on any atom is 0.303 e. The molecule has 1 unspecified atom stereocenters. The van der Waals surface area contributed by atoms with E-state index in [9.17, 15) is 4.79 Å². The van der Waals surface area contributed by atoms with Crippen molar-refractivity contribution in [3.8, 4) is 5.88 Å². The molecule has 0 radical (unpaired) electrons. The average molecular weight is 403 g/mol. The second kappa shape index (κ2) is 9.84. The third-order valence-electron chi connectivity index (χ3n) is 4.52. The van der Waals surface area contributed by atoms with Gasteiger partial charge in [-0.15, -0.1) is 0 Å². The Balaban J connectivity index is 1.50. The highest BCUT2D eigenvalue weighted by Crippen LogP contribution is 2.17. The van der Waals surface area contributed by atoms with Crippen molar-refractivity contribution in [2.24, 2.45) is 0 Å². The lowest BCUT2D eigenvalue weighted by atomic mass is 10.2. The van der Waals surface area contributed by atoms with Gasteiger partial charge in [0.15, 0.2) is 0 Å². The molecule has 1 fully saturated rings. The van der Waals surface area contributed by atoms with Crippen molar-refractivity contribution in [2.45, 2.75) is 52.9 Å². The number of aryl methyl sites for hydroxylation is 1. The molecule has 0 saturated carbocycles. The number of carbonyl (C=O) groups is 1. The second-order valence-corrected chi connectivity index (χ2v) is 7.55. The van der Waals surface area contributed by atoms with Crippen molar-refractivity contribution in [3.63, 3.8) is 0 Å². The van der Waals surface area contributed by atoms with Gasteiger partial charge in [0.05, 0.1) is 13.2 Å². The molecule has 158 valence electrons. The van der Waals surface area contributed by atoms with Gasteiger partial charge in [0, 0.05) is 37.7 Å². The Morgan fingerprint density at radius 2 is 2.10 bits per heavy atom. The molecule has 0 aromatic carbocycles. The van der Waals surface area contributed by atoms with Gasteiger partial charge in [-0.1, -0.05) is 13.8 Å². The second-order valence-electron chi connectivity index (χ2n) is 7.55. The Kier molecular flexibility index (Phi) is 7.22. The number of hydrogen-bond donors (Lipinski definition) is 0. The van der Waals surface area contributed by atoms with Crippen LogP contribution in [-0.2, 0) is 27.4 Å². The van der Waals surface area contributed by atoms with Crippen molar-refractivity contribution < 1.29 is 23.4 Å². The van der Waals surface area contributed by atoms with Crippen molar-refractivity contribution in [3.05, 3.63) is 41.2 Å². The van der Waals surface area contributed by atoms with E-state index >= 15 is 0 Å². The summed E-state index contributed by atoms with van der Waals surface area (Å²) in [5.41, 5.74) is 0.896. The Morgan fingerprint density at radius 1 is 1.31 bits per heavy atom.